The van der Waals surface area contributed by atoms with E-state index in [9.17, 15) is 12.8 Å². The summed E-state index contributed by atoms with van der Waals surface area (Å²) in [5.74, 6) is 0.869. The molecule has 1 heterocycles. The predicted octanol–water partition coefficient (Wildman–Crippen LogP) is 2.17. The lowest BCUT2D eigenvalue weighted by Crippen LogP contribution is -2.36. The van der Waals surface area contributed by atoms with Crippen molar-refractivity contribution in [2.45, 2.75) is 32.2 Å². The second-order valence-corrected chi connectivity index (χ2v) is 8.00. The van der Waals surface area contributed by atoms with Gasteiger partial charge >= 0.3 is 0 Å². The second-order valence-electron chi connectivity index (χ2n) is 5.70. The van der Waals surface area contributed by atoms with Gasteiger partial charge in [-0.2, -0.15) is 0 Å². The molecular formula is C15H22FNO2S. The molecule has 5 heteroatoms. The summed E-state index contributed by atoms with van der Waals surface area (Å²) in [6.45, 7) is 2.84. The van der Waals surface area contributed by atoms with E-state index in [1.807, 2.05) is 13.0 Å². The van der Waals surface area contributed by atoms with Crippen molar-refractivity contribution in [3.05, 3.63) is 35.6 Å². The molecule has 1 saturated heterocycles. The Morgan fingerprint density at radius 2 is 1.95 bits per heavy atom. The van der Waals surface area contributed by atoms with Crippen LogP contribution in [0.4, 0.5) is 4.39 Å². The van der Waals surface area contributed by atoms with Gasteiger partial charge in [-0.3, -0.25) is 0 Å². The molecular weight excluding hydrogens is 277 g/mol. The summed E-state index contributed by atoms with van der Waals surface area (Å²) in [6, 6.07) is 7.01. The van der Waals surface area contributed by atoms with E-state index in [0.29, 0.717) is 23.8 Å². The molecule has 0 aromatic heterocycles. The monoisotopic (exact) mass is 299 g/mol. The van der Waals surface area contributed by atoms with E-state index >= 15 is 0 Å². The Morgan fingerprint density at radius 1 is 1.30 bits per heavy atom. The molecule has 2 rings (SSSR count). The molecule has 1 atom stereocenters. The first-order valence-electron chi connectivity index (χ1n) is 7.13. The molecule has 112 valence electrons. The van der Waals surface area contributed by atoms with Gasteiger partial charge in [0.1, 0.15) is 15.7 Å². The van der Waals surface area contributed by atoms with Crippen LogP contribution in [0.25, 0.3) is 0 Å². The van der Waals surface area contributed by atoms with Crippen LogP contribution < -0.4 is 5.32 Å². The average Bonchev–Trinajstić information content (AvgIpc) is 2.40. The number of hydrogen-bond acceptors (Lipinski definition) is 3. The summed E-state index contributed by atoms with van der Waals surface area (Å²) in [6.07, 6.45) is 2.13. The Hall–Kier alpha value is -0.940. The average molecular weight is 299 g/mol. The summed E-state index contributed by atoms with van der Waals surface area (Å²) in [5, 5.41) is 3.39. The summed E-state index contributed by atoms with van der Waals surface area (Å²) < 4.78 is 36.2. The van der Waals surface area contributed by atoms with Crippen LogP contribution in [-0.2, 0) is 16.3 Å². The largest absolute Gasteiger partial charge is 0.314 e. The minimum absolute atomic E-state index is 0.162. The molecule has 1 fully saturated rings. The minimum atomic E-state index is -2.79. The summed E-state index contributed by atoms with van der Waals surface area (Å²) in [4.78, 5) is 0. The molecule has 3 nitrogen and oxygen atoms in total. The van der Waals surface area contributed by atoms with Crippen molar-refractivity contribution in [2.75, 3.05) is 18.1 Å². The standard InChI is InChI=1S/C15H22FNO2S/c1-12(10-14-4-2-3-5-15(14)16)17-11-13-6-8-20(18,19)9-7-13/h2-5,12-13,17H,6-11H2,1H3/t12-/m0/s1. The Morgan fingerprint density at radius 3 is 2.60 bits per heavy atom. The maximum Gasteiger partial charge on any atom is 0.150 e. The summed E-state index contributed by atoms with van der Waals surface area (Å²) in [7, 11) is -2.79. The molecule has 0 bridgehead atoms. The number of halogens is 1. The number of benzene rings is 1. The number of nitrogens with one attached hydrogen (secondary N) is 1. The van der Waals surface area contributed by atoms with Crippen molar-refractivity contribution < 1.29 is 12.8 Å². The van der Waals surface area contributed by atoms with Gasteiger partial charge in [-0.15, -0.1) is 0 Å². The van der Waals surface area contributed by atoms with Crippen LogP contribution in [0.15, 0.2) is 24.3 Å². The predicted molar refractivity (Wildman–Crippen MR) is 78.9 cm³/mol. The normalized spacial score (nSPS) is 20.7. The zero-order chi connectivity index (χ0) is 14.6. The zero-order valence-electron chi connectivity index (χ0n) is 11.8. The van der Waals surface area contributed by atoms with E-state index in [0.717, 1.165) is 24.9 Å². The maximum absolute atomic E-state index is 13.5. The van der Waals surface area contributed by atoms with Gasteiger partial charge in [0.15, 0.2) is 0 Å². The van der Waals surface area contributed by atoms with E-state index in [1.54, 1.807) is 12.1 Å². The van der Waals surface area contributed by atoms with Crippen LogP contribution in [-0.4, -0.2) is 32.5 Å². The van der Waals surface area contributed by atoms with Crippen LogP contribution in [0.1, 0.15) is 25.3 Å². The molecule has 0 saturated carbocycles. The topological polar surface area (TPSA) is 46.2 Å². The van der Waals surface area contributed by atoms with Crippen molar-refractivity contribution >= 4 is 9.84 Å². The zero-order valence-corrected chi connectivity index (χ0v) is 12.6. The minimum Gasteiger partial charge on any atom is -0.314 e. The van der Waals surface area contributed by atoms with Gasteiger partial charge in [-0.05, 0) is 50.3 Å². The van der Waals surface area contributed by atoms with Crippen molar-refractivity contribution in [2.24, 2.45) is 5.92 Å². The van der Waals surface area contributed by atoms with Gasteiger partial charge in [0.05, 0.1) is 11.5 Å². The van der Waals surface area contributed by atoms with Crippen LogP contribution in [0.5, 0.6) is 0 Å². The fraction of sp³-hybridized carbons (Fsp3) is 0.600. The van der Waals surface area contributed by atoms with Gasteiger partial charge in [-0.25, -0.2) is 12.8 Å². The molecule has 1 N–H and O–H groups in total. The van der Waals surface area contributed by atoms with E-state index < -0.39 is 9.84 Å². The van der Waals surface area contributed by atoms with E-state index in [-0.39, 0.29) is 11.9 Å². The van der Waals surface area contributed by atoms with E-state index in [1.165, 1.54) is 6.07 Å². The van der Waals surface area contributed by atoms with Crippen molar-refractivity contribution in [1.29, 1.82) is 0 Å². The molecule has 0 unspecified atom stereocenters. The molecule has 20 heavy (non-hydrogen) atoms. The Balaban J connectivity index is 1.76. The van der Waals surface area contributed by atoms with Gasteiger partial charge < -0.3 is 5.32 Å². The Bertz CT molecular complexity index is 531. The molecule has 0 amide bonds. The SMILES string of the molecule is C[C@@H](Cc1ccccc1F)NCC1CCS(=O)(=O)CC1. The van der Waals surface area contributed by atoms with Crippen LogP contribution in [0.3, 0.4) is 0 Å². The van der Waals surface area contributed by atoms with Gasteiger partial charge in [0.25, 0.3) is 0 Å². The quantitative estimate of drug-likeness (QED) is 0.906. The molecule has 1 aliphatic rings. The summed E-state index contributed by atoms with van der Waals surface area (Å²) in [5.41, 5.74) is 0.721. The lowest BCUT2D eigenvalue weighted by molar-refractivity contribution is 0.403. The molecule has 0 aliphatic carbocycles. The van der Waals surface area contributed by atoms with E-state index in [2.05, 4.69) is 5.32 Å². The summed E-state index contributed by atoms with van der Waals surface area (Å²) >= 11 is 0. The van der Waals surface area contributed by atoms with Gasteiger partial charge in [-0.1, -0.05) is 18.2 Å². The number of sulfone groups is 1. The number of rotatable bonds is 5. The maximum atomic E-state index is 13.5. The highest BCUT2D eigenvalue weighted by molar-refractivity contribution is 7.91. The third kappa shape index (κ3) is 4.56. The molecule has 1 aromatic rings. The van der Waals surface area contributed by atoms with Gasteiger partial charge in [0, 0.05) is 6.04 Å². The lowest BCUT2D eigenvalue weighted by Gasteiger charge is -2.24. The van der Waals surface area contributed by atoms with Crippen molar-refractivity contribution in [3.8, 4) is 0 Å². The Kier molecular flexibility index (Phi) is 5.16. The van der Waals surface area contributed by atoms with E-state index in [4.69, 9.17) is 0 Å². The van der Waals surface area contributed by atoms with Gasteiger partial charge in [0.2, 0.25) is 0 Å². The molecule has 0 radical (unpaired) electrons. The van der Waals surface area contributed by atoms with Crippen LogP contribution in [0.2, 0.25) is 0 Å². The smallest absolute Gasteiger partial charge is 0.150 e. The molecule has 1 aliphatic heterocycles. The highest BCUT2D eigenvalue weighted by Gasteiger charge is 2.23. The van der Waals surface area contributed by atoms with Crippen LogP contribution >= 0.6 is 0 Å². The molecule has 0 spiro atoms. The van der Waals surface area contributed by atoms with Crippen molar-refractivity contribution in [1.82, 2.24) is 5.32 Å². The van der Waals surface area contributed by atoms with Crippen LogP contribution in [0, 0.1) is 11.7 Å². The van der Waals surface area contributed by atoms with Crippen molar-refractivity contribution in [3.63, 3.8) is 0 Å². The Labute approximate surface area is 120 Å². The highest BCUT2D eigenvalue weighted by atomic mass is 32.2. The third-order valence-corrected chi connectivity index (χ3v) is 5.63. The first kappa shape index (κ1) is 15.4. The third-order valence-electron chi connectivity index (χ3n) is 3.91. The first-order chi connectivity index (χ1) is 9.46. The second kappa shape index (κ2) is 6.68. The fourth-order valence-electron chi connectivity index (χ4n) is 2.58. The number of hydrogen-bond donors (Lipinski definition) is 1. The fourth-order valence-corrected chi connectivity index (χ4v) is 4.17. The first-order valence-corrected chi connectivity index (χ1v) is 8.95. The highest BCUT2D eigenvalue weighted by Crippen LogP contribution is 2.18. The lowest BCUT2D eigenvalue weighted by atomic mass is 10.0. The molecule has 1 aromatic carbocycles.